The molecule has 0 aliphatic carbocycles. The summed E-state index contributed by atoms with van der Waals surface area (Å²) in [5.41, 5.74) is 0. The highest BCUT2D eigenvalue weighted by Crippen LogP contribution is 2.59. The van der Waals surface area contributed by atoms with Crippen molar-refractivity contribution in [2.24, 2.45) is 0 Å². The molecule has 0 bridgehead atoms. The summed E-state index contributed by atoms with van der Waals surface area (Å²) in [4.78, 5) is 1.43. The maximum atomic E-state index is 12.2. The lowest BCUT2D eigenvalue weighted by atomic mass is 10.4. The number of hydrogen-bond donors (Lipinski definition) is 0. The standard InChI is InChI=1S/C24H21BrO2PS2.BrH/c1-30(26,27)23-18-29-22(24(23)25)17-28(19-11-5-2-6-12-19,20-13-7-3-8-14-20)21-15-9-4-10-16-21;/h2-16,18H,17H2,1H3;1H/q+1;/p-1. The summed E-state index contributed by atoms with van der Waals surface area (Å²) >= 11 is 5.12. The molecule has 4 aromatic rings. The summed E-state index contributed by atoms with van der Waals surface area (Å²) in [7, 11) is -5.34. The number of hydrogen-bond acceptors (Lipinski definition) is 3. The zero-order chi connectivity index (χ0) is 21.2. The second kappa shape index (κ2) is 10.1. The first-order valence-corrected chi connectivity index (χ1v) is 15.0. The Kier molecular flexibility index (Phi) is 7.93. The lowest BCUT2D eigenvalue weighted by Gasteiger charge is -2.27. The van der Waals surface area contributed by atoms with E-state index in [-0.39, 0.29) is 17.0 Å². The molecule has 31 heavy (non-hydrogen) atoms. The molecule has 0 aliphatic heterocycles. The van der Waals surface area contributed by atoms with Crippen molar-refractivity contribution in [1.29, 1.82) is 0 Å². The van der Waals surface area contributed by atoms with Crippen LogP contribution in [-0.2, 0) is 16.0 Å². The van der Waals surface area contributed by atoms with E-state index in [0.29, 0.717) is 9.37 Å². The Labute approximate surface area is 207 Å². The van der Waals surface area contributed by atoms with Crippen LogP contribution in [0.15, 0.2) is 106 Å². The average Bonchev–Trinajstić information content (AvgIpc) is 3.14. The molecule has 2 nitrogen and oxygen atoms in total. The van der Waals surface area contributed by atoms with Crippen molar-refractivity contribution in [3.8, 4) is 0 Å². The fourth-order valence-corrected chi connectivity index (χ4v) is 12.4. The van der Waals surface area contributed by atoms with E-state index in [1.807, 2.05) is 18.2 Å². The Morgan fingerprint density at radius 2 is 1.16 bits per heavy atom. The quantitative estimate of drug-likeness (QED) is 0.321. The summed E-state index contributed by atoms with van der Waals surface area (Å²) < 4.78 is 25.2. The monoisotopic (exact) mass is 594 g/mol. The molecule has 0 saturated heterocycles. The Balaban J connectivity index is 0.00000272. The Hall–Kier alpha value is -1.30. The van der Waals surface area contributed by atoms with Crippen LogP contribution in [0.25, 0.3) is 0 Å². The fraction of sp³-hybridized carbons (Fsp3) is 0.0833. The molecule has 1 heterocycles. The smallest absolute Gasteiger partial charge is 0.177 e. The van der Waals surface area contributed by atoms with Crippen molar-refractivity contribution in [3.63, 3.8) is 0 Å². The predicted molar refractivity (Wildman–Crippen MR) is 134 cm³/mol. The van der Waals surface area contributed by atoms with E-state index in [1.165, 1.54) is 33.5 Å². The van der Waals surface area contributed by atoms with E-state index in [0.717, 1.165) is 11.0 Å². The highest BCUT2D eigenvalue weighted by atomic mass is 79.9. The molecule has 0 amide bonds. The minimum atomic E-state index is -3.29. The van der Waals surface area contributed by atoms with Crippen molar-refractivity contribution >= 4 is 60.3 Å². The third-order valence-corrected chi connectivity index (χ3v) is 13.4. The van der Waals surface area contributed by atoms with Gasteiger partial charge in [-0.15, -0.1) is 11.3 Å². The zero-order valence-corrected chi connectivity index (χ0v) is 22.5. The van der Waals surface area contributed by atoms with Gasteiger partial charge in [0.15, 0.2) is 9.84 Å². The highest BCUT2D eigenvalue weighted by Gasteiger charge is 2.46. The van der Waals surface area contributed by atoms with E-state index < -0.39 is 17.1 Å². The molecule has 0 radical (unpaired) electrons. The number of rotatable bonds is 6. The van der Waals surface area contributed by atoms with E-state index in [9.17, 15) is 8.42 Å². The summed E-state index contributed by atoms with van der Waals surface area (Å²) in [6.07, 6.45) is 2.02. The number of halogens is 2. The average molecular weight is 596 g/mol. The lowest BCUT2D eigenvalue weighted by Crippen LogP contribution is -3.00. The lowest BCUT2D eigenvalue weighted by molar-refractivity contribution is -0.00000814. The summed E-state index contributed by atoms with van der Waals surface area (Å²) in [5, 5.41) is 5.60. The van der Waals surface area contributed by atoms with Crippen LogP contribution in [0.1, 0.15) is 4.88 Å². The largest absolute Gasteiger partial charge is 1.00 e. The third-order valence-electron chi connectivity index (χ3n) is 5.14. The predicted octanol–water partition coefficient (Wildman–Crippen LogP) is 2.41. The molecule has 0 saturated carbocycles. The van der Waals surface area contributed by atoms with Crippen molar-refractivity contribution in [3.05, 3.63) is 106 Å². The van der Waals surface area contributed by atoms with Gasteiger partial charge in [-0.2, -0.15) is 0 Å². The van der Waals surface area contributed by atoms with Gasteiger partial charge >= 0.3 is 0 Å². The van der Waals surface area contributed by atoms with Gasteiger partial charge in [0.25, 0.3) is 0 Å². The maximum absolute atomic E-state index is 12.2. The second-order valence-corrected chi connectivity index (χ2v) is 14.3. The van der Waals surface area contributed by atoms with Gasteiger partial charge in [-0.3, -0.25) is 0 Å². The van der Waals surface area contributed by atoms with Crippen LogP contribution in [-0.4, -0.2) is 14.7 Å². The number of thiophene rings is 1. The first-order chi connectivity index (χ1) is 14.4. The van der Waals surface area contributed by atoms with Crippen LogP contribution >= 0.6 is 34.5 Å². The van der Waals surface area contributed by atoms with E-state index in [2.05, 4.69) is 88.7 Å². The van der Waals surface area contributed by atoms with Crippen LogP contribution < -0.4 is 32.9 Å². The Morgan fingerprint density at radius 3 is 1.48 bits per heavy atom. The first-order valence-electron chi connectivity index (χ1n) is 9.44. The minimum Gasteiger partial charge on any atom is -1.00 e. The van der Waals surface area contributed by atoms with Crippen LogP contribution in [0.5, 0.6) is 0 Å². The first kappa shape index (κ1) is 24.3. The Bertz CT molecular complexity index is 1150. The number of sulfone groups is 1. The van der Waals surface area contributed by atoms with E-state index in [4.69, 9.17) is 0 Å². The van der Waals surface area contributed by atoms with Crippen LogP contribution in [0.3, 0.4) is 0 Å². The van der Waals surface area contributed by atoms with Crippen molar-refractivity contribution in [1.82, 2.24) is 0 Å². The van der Waals surface area contributed by atoms with E-state index >= 15 is 0 Å². The number of benzene rings is 3. The second-order valence-electron chi connectivity index (χ2n) is 7.08. The fourth-order valence-electron chi connectivity index (χ4n) is 3.71. The topological polar surface area (TPSA) is 34.1 Å². The van der Waals surface area contributed by atoms with Gasteiger partial charge in [-0.1, -0.05) is 54.6 Å². The van der Waals surface area contributed by atoms with Crippen molar-refractivity contribution in [2.45, 2.75) is 11.1 Å². The van der Waals surface area contributed by atoms with Gasteiger partial charge in [0.2, 0.25) is 0 Å². The van der Waals surface area contributed by atoms with E-state index in [1.54, 1.807) is 5.38 Å². The molecular weight excluding hydrogens is 575 g/mol. The Morgan fingerprint density at radius 1 is 0.774 bits per heavy atom. The molecule has 0 N–H and O–H groups in total. The molecule has 0 unspecified atom stereocenters. The zero-order valence-electron chi connectivity index (χ0n) is 16.8. The summed E-state index contributed by atoms with van der Waals surface area (Å²) in [5.74, 6) is 0. The summed E-state index contributed by atoms with van der Waals surface area (Å²) in [6.45, 7) is 0. The SMILES string of the molecule is CS(=O)(=O)c1csc(C[P+](c2ccccc2)(c2ccccc2)c2ccccc2)c1Br.[Br-]. The van der Waals surface area contributed by atoms with Gasteiger partial charge in [-0.05, 0) is 52.3 Å². The van der Waals surface area contributed by atoms with Gasteiger partial charge in [0, 0.05) is 11.6 Å². The molecule has 0 fully saturated rings. The molecule has 3 aromatic carbocycles. The normalized spacial score (nSPS) is 11.7. The maximum Gasteiger partial charge on any atom is 0.177 e. The van der Waals surface area contributed by atoms with Crippen molar-refractivity contribution in [2.75, 3.05) is 6.26 Å². The molecule has 7 heteroatoms. The van der Waals surface area contributed by atoms with Crippen LogP contribution in [0.2, 0.25) is 0 Å². The third kappa shape index (κ3) is 4.89. The molecule has 0 atom stereocenters. The van der Waals surface area contributed by atoms with Gasteiger partial charge in [-0.25, -0.2) is 8.42 Å². The van der Waals surface area contributed by atoms with Crippen LogP contribution in [0, 0.1) is 0 Å². The summed E-state index contributed by atoms with van der Waals surface area (Å²) in [6, 6.07) is 31.8. The molecule has 0 spiro atoms. The van der Waals surface area contributed by atoms with Crippen LogP contribution in [0.4, 0.5) is 0 Å². The van der Waals surface area contributed by atoms with Crippen molar-refractivity contribution < 1.29 is 25.4 Å². The van der Waals surface area contributed by atoms with Gasteiger partial charge in [0.1, 0.15) is 29.3 Å². The van der Waals surface area contributed by atoms with Gasteiger partial charge < -0.3 is 17.0 Å². The highest BCUT2D eigenvalue weighted by molar-refractivity contribution is 9.10. The molecule has 160 valence electrons. The molecule has 0 aliphatic rings. The molecular formula is C24H21Br2O2PS2. The minimum absolute atomic E-state index is 0. The molecule has 4 rings (SSSR count). The molecule has 1 aromatic heterocycles. The van der Waals surface area contributed by atoms with Gasteiger partial charge in [0.05, 0.1) is 14.2 Å².